The minimum atomic E-state index is -3.27. The van der Waals surface area contributed by atoms with Crippen molar-refractivity contribution in [3.63, 3.8) is 0 Å². The summed E-state index contributed by atoms with van der Waals surface area (Å²) in [6.45, 7) is 2.32. The molecule has 10 aromatic carbocycles. The van der Waals surface area contributed by atoms with Crippen molar-refractivity contribution in [2.75, 3.05) is 4.90 Å². The van der Waals surface area contributed by atoms with E-state index in [9.17, 15) is 0 Å². The van der Waals surface area contributed by atoms with Crippen LogP contribution >= 0.6 is 7.14 Å². The zero-order valence-corrected chi connectivity index (χ0v) is 39.1. The van der Waals surface area contributed by atoms with E-state index in [1.54, 1.807) is 0 Å². The Balaban J connectivity index is 0.910. The van der Waals surface area contributed by atoms with E-state index in [4.69, 9.17) is 0 Å². The van der Waals surface area contributed by atoms with Gasteiger partial charge in [-0.15, -0.1) is 0 Å². The van der Waals surface area contributed by atoms with E-state index in [-0.39, 0.29) is 0 Å². The summed E-state index contributed by atoms with van der Waals surface area (Å²) in [7, 11) is -3.27. The molecule has 0 saturated heterocycles. The van der Waals surface area contributed by atoms with Crippen LogP contribution in [0.1, 0.15) is 46.7 Å². The second kappa shape index (κ2) is 15.2. The minimum Gasteiger partial charge on any atom is -0.309 e. The van der Waals surface area contributed by atoms with Crippen LogP contribution in [0.15, 0.2) is 242 Å². The summed E-state index contributed by atoms with van der Waals surface area (Å²) in [6.07, 6.45) is 2.06. The fourth-order valence-corrected chi connectivity index (χ4v) is 15.1. The third-order valence-corrected chi connectivity index (χ3v) is 18.6. The number of benzene rings is 10. The number of hydrogen-bond acceptors (Lipinski definition) is 2. The predicted octanol–water partition coefficient (Wildman–Crippen LogP) is 15.5. The summed E-state index contributed by atoms with van der Waals surface area (Å²) in [5, 5.41) is 2.52. The van der Waals surface area contributed by atoms with Crippen LogP contribution in [0, 0.1) is 0 Å². The lowest BCUT2D eigenvalue weighted by atomic mass is 9.70. The fourth-order valence-electron chi connectivity index (χ4n) is 12.4. The topological polar surface area (TPSA) is 20.3 Å². The van der Waals surface area contributed by atoms with E-state index in [1.807, 2.05) is 60.7 Å². The van der Waals surface area contributed by atoms with E-state index in [1.165, 1.54) is 112 Å². The Kier molecular flexibility index (Phi) is 8.85. The van der Waals surface area contributed by atoms with E-state index >= 15 is 4.57 Å². The van der Waals surface area contributed by atoms with Gasteiger partial charge >= 0.3 is 0 Å². The van der Waals surface area contributed by atoms with Crippen molar-refractivity contribution in [3.05, 3.63) is 276 Å². The lowest BCUT2D eigenvalue weighted by Gasteiger charge is -2.36. The quantitative estimate of drug-likeness (QED) is 0.160. The van der Waals surface area contributed by atoms with Crippen LogP contribution in [0.5, 0.6) is 0 Å². The first-order valence-electron chi connectivity index (χ1n) is 24.1. The van der Waals surface area contributed by atoms with Gasteiger partial charge in [0.15, 0.2) is 7.14 Å². The van der Waals surface area contributed by atoms with Crippen LogP contribution < -0.4 is 20.8 Å². The lowest BCUT2D eigenvalue weighted by Crippen LogP contribution is -2.29. The van der Waals surface area contributed by atoms with Crippen LogP contribution in [0.25, 0.3) is 61.3 Å². The normalized spacial score (nSPS) is 14.4. The zero-order chi connectivity index (χ0) is 45.8. The van der Waals surface area contributed by atoms with Crippen molar-refractivity contribution in [2.45, 2.75) is 25.2 Å². The van der Waals surface area contributed by atoms with Crippen LogP contribution in [-0.4, -0.2) is 0 Å². The highest BCUT2D eigenvalue weighted by Crippen LogP contribution is 2.63. The number of aryl methyl sites for hydroxylation is 1. The molecule has 0 fully saturated rings. The largest absolute Gasteiger partial charge is 0.309 e. The SMILES string of the molecule is CC1=C2c3ccccc3-c3ccc(-c4ccc(-c5ccc6c(c5)C5(c7ccccc7-c7ccccc75)c5cc(P(=O)(c7ccccc7)c7ccccc7)ccc5-6)cc4)cc3N2c2ccccc2CC1. The molecule has 2 heterocycles. The molecule has 2 nitrogen and oxygen atoms in total. The summed E-state index contributed by atoms with van der Waals surface area (Å²) in [6, 6.07) is 85.8. The summed E-state index contributed by atoms with van der Waals surface area (Å²) in [5.74, 6) is 0. The molecule has 2 aliphatic heterocycles. The molecule has 0 saturated carbocycles. The summed E-state index contributed by atoms with van der Waals surface area (Å²) >= 11 is 0. The van der Waals surface area contributed by atoms with Gasteiger partial charge in [-0.3, -0.25) is 0 Å². The summed E-state index contributed by atoms with van der Waals surface area (Å²) in [5.41, 5.74) is 24.4. The molecule has 69 heavy (non-hydrogen) atoms. The third-order valence-electron chi connectivity index (χ3n) is 15.6. The minimum absolute atomic E-state index is 0.610. The Morgan fingerprint density at radius 3 is 1.49 bits per heavy atom. The predicted molar refractivity (Wildman–Crippen MR) is 288 cm³/mol. The van der Waals surface area contributed by atoms with E-state index < -0.39 is 12.6 Å². The molecule has 0 unspecified atom stereocenters. The number of allylic oxidation sites excluding steroid dienone is 1. The highest BCUT2D eigenvalue weighted by atomic mass is 31.2. The van der Waals surface area contributed by atoms with Crippen LogP contribution in [0.4, 0.5) is 11.4 Å². The second-order valence-electron chi connectivity index (χ2n) is 19.1. The molecule has 1 spiro atoms. The number of nitrogens with zero attached hydrogens (tertiary/aromatic N) is 1. The monoisotopic (exact) mass is 899 g/mol. The molecule has 10 aromatic rings. The number of fused-ring (bicyclic) bond motifs is 18. The number of para-hydroxylation sites is 1. The third kappa shape index (κ3) is 5.70. The van der Waals surface area contributed by atoms with E-state index in [0.717, 1.165) is 28.8 Å². The highest BCUT2D eigenvalue weighted by molar-refractivity contribution is 7.85. The molecule has 0 N–H and O–H groups in total. The van der Waals surface area contributed by atoms with Crippen molar-refractivity contribution >= 4 is 40.1 Å². The first kappa shape index (κ1) is 40.1. The molecular weight excluding hydrogens is 854 g/mol. The highest BCUT2D eigenvalue weighted by Gasteiger charge is 2.52. The first-order chi connectivity index (χ1) is 34.0. The van der Waals surface area contributed by atoms with Crippen molar-refractivity contribution in [2.24, 2.45) is 0 Å². The smallest absolute Gasteiger partial charge is 0.171 e. The molecule has 3 heteroatoms. The van der Waals surface area contributed by atoms with Crippen molar-refractivity contribution < 1.29 is 4.57 Å². The Morgan fingerprint density at radius 2 is 0.841 bits per heavy atom. The van der Waals surface area contributed by atoms with Gasteiger partial charge in [0.1, 0.15) is 0 Å². The van der Waals surface area contributed by atoms with Gasteiger partial charge in [-0.25, -0.2) is 0 Å². The van der Waals surface area contributed by atoms with Crippen molar-refractivity contribution in [1.29, 1.82) is 0 Å². The number of anilines is 2. The molecule has 0 atom stereocenters. The van der Waals surface area contributed by atoms with Gasteiger partial charge in [0.2, 0.25) is 0 Å². The molecule has 0 radical (unpaired) electrons. The first-order valence-corrected chi connectivity index (χ1v) is 25.9. The maximum atomic E-state index is 16.0. The van der Waals surface area contributed by atoms with Gasteiger partial charge in [-0.2, -0.15) is 0 Å². The summed E-state index contributed by atoms with van der Waals surface area (Å²) in [4.78, 5) is 2.54. The van der Waals surface area contributed by atoms with Crippen molar-refractivity contribution in [3.8, 4) is 55.6 Å². The van der Waals surface area contributed by atoms with Crippen LogP contribution in [0.2, 0.25) is 0 Å². The fraction of sp³-hybridized carbons (Fsp3) is 0.0606. The van der Waals surface area contributed by atoms with E-state index in [0.29, 0.717) is 0 Å². The molecule has 4 aliphatic rings. The average Bonchev–Trinajstić information content (AvgIpc) is 3.82. The molecule has 326 valence electrons. The van der Waals surface area contributed by atoms with Gasteiger partial charge < -0.3 is 9.46 Å². The Bertz CT molecular complexity index is 3740. The van der Waals surface area contributed by atoms with Crippen molar-refractivity contribution in [1.82, 2.24) is 0 Å². The Labute approximate surface area is 403 Å². The lowest BCUT2D eigenvalue weighted by molar-refractivity contribution is 0.592. The zero-order valence-electron chi connectivity index (χ0n) is 38.2. The van der Waals surface area contributed by atoms with E-state index in [2.05, 4.69) is 188 Å². The molecule has 14 rings (SSSR count). The number of hydrogen-bond donors (Lipinski definition) is 0. The Morgan fingerprint density at radius 1 is 0.362 bits per heavy atom. The molecule has 0 aromatic heterocycles. The second-order valence-corrected chi connectivity index (χ2v) is 21.8. The van der Waals surface area contributed by atoms with Gasteiger partial charge in [0.05, 0.1) is 16.8 Å². The Hall–Kier alpha value is -8.03. The number of rotatable bonds is 5. The summed E-state index contributed by atoms with van der Waals surface area (Å²) < 4.78 is 16.0. The van der Waals surface area contributed by atoms with Crippen LogP contribution in [0.3, 0.4) is 0 Å². The van der Waals surface area contributed by atoms with Crippen LogP contribution in [-0.2, 0) is 16.4 Å². The molecular formula is C66H46NOP. The standard InChI is InChI=1S/C66H46NOP/c1-43-28-29-46-16-8-15-27-63(46)67-64-41-48(35-38-57(64)52-21-9-10-24-58(52)65(43)67)45-32-30-44(31-33-45)47-34-37-55-56-39-36-51(69(68,49-17-4-2-5-18-49)50-19-6-3-7-20-50)42-62(56)66(61(55)40-47)59-25-13-11-22-53(59)54-23-12-14-26-60(54)66/h2-27,30-42H,28-29H2,1H3. The van der Waals surface area contributed by atoms with Gasteiger partial charge in [-0.05, 0) is 127 Å². The molecule has 2 aliphatic carbocycles. The van der Waals surface area contributed by atoms with Gasteiger partial charge in [0, 0.05) is 32.7 Å². The average molecular weight is 900 g/mol. The van der Waals surface area contributed by atoms with Gasteiger partial charge in [0.25, 0.3) is 0 Å². The molecule has 0 amide bonds. The maximum absolute atomic E-state index is 16.0. The molecule has 0 bridgehead atoms. The maximum Gasteiger partial charge on any atom is 0.171 e. The van der Waals surface area contributed by atoms with Gasteiger partial charge in [-0.1, -0.05) is 212 Å².